The molecule has 0 amide bonds. The van der Waals surface area contributed by atoms with Gasteiger partial charge in [0.15, 0.2) is 0 Å². The molecule has 0 unspecified atom stereocenters. The number of rotatable bonds is 3. The number of hydrazone groups is 1. The number of methoxy groups -OCH3 is 1. The highest BCUT2D eigenvalue weighted by Gasteiger charge is 2.11. The Kier molecular flexibility index (Phi) is 4.60. The lowest BCUT2D eigenvalue weighted by Gasteiger charge is -2.30. The van der Waals surface area contributed by atoms with Crippen molar-refractivity contribution < 1.29 is 4.74 Å². The Balaban J connectivity index is 2.06. The topological polar surface area (TPSA) is 28.1 Å². The number of piperazine rings is 1. The van der Waals surface area contributed by atoms with E-state index in [9.17, 15) is 0 Å². The first-order valence-corrected chi connectivity index (χ1v) is 6.79. The minimum atomic E-state index is 0.844. The lowest BCUT2D eigenvalue weighted by atomic mass is 10.2. The first-order chi connectivity index (χ1) is 8.69. The van der Waals surface area contributed by atoms with Crippen LogP contribution in [-0.4, -0.2) is 56.5 Å². The molecule has 1 aliphatic heterocycles. The molecule has 1 saturated heterocycles. The fourth-order valence-corrected chi connectivity index (χ4v) is 2.24. The van der Waals surface area contributed by atoms with Gasteiger partial charge in [0, 0.05) is 36.2 Å². The summed E-state index contributed by atoms with van der Waals surface area (Å²) >= 11 is 3.46. The van der Waals surface area contributed by atoms with Crippen molar-refractivity contribution in [2.45, 2.75) is 0 Å². The van der Waals surface area contributed by atoms with E-state index in [-0.39, 0.29) is 0 Å². The normalized spacial score (nSPS) is 17.4. The van der Waals surface area contributed by atoms with Crippen LogP contribution in [0.4, 0.5) is 0 Å². The monoisotopic (exact) mass is 311 g/mol. The van der Waals surface area contributed by atoms with E-state index in [1.165, 1.54) is 0 Å². The minimum Gasteiger partial charge on any atom is -0.496 e. The molecule has 0 saturated carbocycles. The van der Waals surface area contributed by atoms with E-state index >= 15 is 0 Å². The summed E-state index contributed by atoms with van der Waals surface area (Å²) in [6, 6.07) is 5.92. The Morgan fingerprint density at radius 1 is 1.28 bits per heavy atom. The zero-order valence-electron chi connectivity index (χ0n) is 10.8. The molecule has 4 nitrogen and oxygen atoms in total. The molecule has 18 heavy (non-hydrogen) atoms. The van der Waals surface area contributed by atoms with E-state index in [1.54, 1.807) is 7.11 Å². The van der Waals surface area contributed by atoms with Gasteiger partial charge in [-0.15, -0.1) is 0 Å². The quantitative estimate of drug-likeness (QED) is 0.800. The summed E-state index contributed by atoms with van der Waals surface area (Å²) in [5.41, 5.74) is 0.991. The standard InChI is InChI=1S/C13H18BrN3O/c1-16-5-7-17(8-6-16)15-10-11-9-12(14)3-4-13(11)18-2/h3-4,9-10H,5-8H2,1-2H3/b15-10-. The summed E-state index contributed by atoms with van der Waals surface area (Å²) in [5, 5.41) is 6.62. The zero-order chi connectivity index (χ0) is 13.0. The molecule has 5 heteroatoms. The van der Waals surface area contributed by atoms with Crippen LogP contribution in [-0.2, 0) is 0 Å². The number of hydrogen-bond acceptors (Lipinski definition) is 4. The van der Waals surface area contributed by atoms with Crippen molar-refractivity contribution in [2.24, 2.45) is 5.10 Å². The van der Waals surface area contributed by atoms with Crippen molar-refractivity contribution in [2.75, 3.05) is 40.3 Å². The van der Waals surface area contributed by atoms with Gasteiger partial charge in [0.1, 0.15) is 5.75 Å². The third-order valence-electron chi connectivity index (χ3n) is 3.03. The molecule has 2 rings (SSSR count). The van der Waals surface area contributed by atoms with Gasteiger partial charge in [-0.3, -0.25) is 5.01 Å². The third-order valence-corrected chi connectivity index (χ3v) is 3.52. The van der Waals surface area contributed by atoms with Gasteiger partial charge in [0.2, 0.25) is 0 Å². The number of likely N-dealkylation sites (N-methyl/N-ethyl adjacent to an activating group) is 1. The fourth-order valence-electron chi connectivity index (χ4n) is 1.86. The molecule has 0 aromatic heterocycles. The number of benzene rings is 1. The first-order valence-electron chi connectivity index (χ1n) is 6.00. The van der Waals surface area contributed by atoms with E-state index in [0.29, 0.717) is 0 Å². The van der Waals surface area contributed by atoms with Crippen molar-refractivity contribution >= 4 is 22.1 Å². The van der Waals surface area contributed by atoms with Crippen LogP contribution < -0.4 is 4.74 Å². The highest BCUT2D eigenvalue weighted by molar-refractivity contribution is 9.10. The molecule has 1 aromatic rings. The van der Waals surface area contributed by atoms with Gasteiger partial charge < -0.3 is 9.64 Å². The van der Waals surface area contributed by atoms with Gasteiger partial charge in [0.05, 0.1) is 13.3 Å². The van der Waals surface area contributed by atoms with Crippen LogP contribution in [0.15, 0.2) is 27.8 Å². The number of nitrogens with zero attached hydrogens (tertiary/aromatic N) is 3. The Morgan fingerprint density at radius 2 is 2.00 bits per heavy atom. The molecule has 98 valence electrons. The predicted octanol–water partition coefficient (Wildman–Crippen LogP) is 2.04. The van der Waals surface area contributed by atoms with E-state index in [1.807, 2.05) is 24.4 Å². The van der Waals surface area contributed by atoms with Crippen molar-refractivity contribution in [3.05, 3.63) is 28.2 Å². The maximum absolute atomic E-state index is 5.32. The lowest BCUT2D eigenvalue weighted by molar-refractivity contribution is 0.159. The van der Waals surface area contributed by atoms with E-state index in [2.05, 4.69) is 38.0 Å². The highest BCUT2D eigenvalue weighted by Crippen LogP contribution is 2.21. The van der Waals surface area contributed by atoms with Crippen molar-refractivity contribution in [3.63, 3.8) is 0 Å². The van der Waals surface area contributed by atoms with E-state index in [4.69, 9.17) is 4.74 Å². The van der Waals surface area contributed by atoms with Gasteiger partial charge in [0.25, 0.3) is 0 Å². The Morgan fingerprint density at radius 3 is 2.67 bits per heavy atom. The number of halogens is 1. The van der Waals surface area contributed by atoms with Gasteiger partial charge >= 0.3 is 0 Å². The van der Waals surface area contributed by atoms with Gasteiger partial charge in [-0.2, -0.15) is 5.10 Å². The molecule has 1 heterocycles. The molecule has 0 spiro atoms. The molecular weight excluding hydrogens is 294 g/mol. The Labute approximate surface area is 116 Å². The molecule has 1 aromatic carbocycles. The zero-order valence-corrected chi connectivity index (χ0v) is 12.4. The second-order valence-electron chi connectivity index (χ2n) is 4.39. The van der Waals surface area contributed by atoms with Gasteiger partial charge in [-0.05, 0) is 25.2 Å². The summed E-state index contributed by atoms with van der Waals surface area (Å²) < 4.78 is 6.35. The SMILES string of the molecule is COc1ccc(Br)cc1/C=N\N1CCN(C)CC1. The minimum absolute atomic E-state index is 0.844. The second kappa shape index (κ2) is 6.20. The van der Waals surface area contributed by atoms with Crippen LogP contribution in [0.5, 0.6) is 5.75 Å². The van der Waals surface area contributed by atoms with Crippen molar-refractivity contribution in [1.82, 2.24) is 9.91 Å². The van der Waals surface area contributed by atoms with Crippen molar-refractivity contribution in [3.8, 4) is 5.75 Å². The van der Waals surface area contributed by atoms with E-state index in [0.717, 1.165) is 42.0 Å². The molecule has 1 aliphatic rings. The fraction of sp³-hybridized carbons (Fsp3) is 0.462. The maximum atomic E-state index is 5.32. The number of ether oxygens (including phenoxy) is 1. The third kappa shape index (κ3) is 3.46. The highest BCUT2D eigenvalue weighted by atomic mass is 79.9. The van der Waals surface area contributed by atoms with Crippen LogP contribution >= 0.6 is 15.9 Å². The average Bonchev–Trinajstić information content (AvgIpc) is 2.38. The maximum Gasteiger partial charge on any atom is 0.127 e. The Bertz CT molecular complexity index is 428. The lowest BCUT2D eigenvalue weighted by Crippen LogP contribution is -2.41. The Hall–Kier alpha value is -1.07. The molecule has 0 radical (unpaired) electrons. The van der Waals surface area contributed by atoms with Crippen LogP contribution in [0.3, 0.4) is 0 Å². The molecular formula is C13H18BrN3O. The smallest absolute Gasteiger partial charge is 0.127 e. The largest absolute Gasteiger partial charge is 0.496 e. The molecule has 0 bridgehead atoms. The summed E-state index contributed by atoms with van der Waals surface area (Å²) in [6.45, 7) is 4.08. The summed E-state index contributed by atoms with van der Waals surface area (Å²) in [5.74, 6) is 0.844. The van der Waals surface area contributed by atoms with E-state index < -0.39 is 0 Å². The molecule has 0 aliphatic carbocycles. The number of hydrogen-bond donors (Lipinski definition) is 0. The van der Waals surface area contributed by atoms with Gasteiger partial charge in [-0.1, -0.05) is 15.9 Å². The predicted molar refractivity (Wildman–Crippen MR) is 77.4 cm³/mol. The van der Waals surface area contributed by atoms with Crippen LogP contribution in [0.25, 0.3) is 0 Å². The first kappa shape index (κ1) is 13.4. The van der Waals surface area contributed by atoms with Crippen molar-refractivity contribution in [1.29, 1.82) is 0 Å². The van der Waals surface area contributed by atoms with Crippen LogP contribution in [0.1, 0.15) is 5.56 Å². The molecule has 0 atom stereocenters. The molecule has 0 N–H and O–H groups in total. The summed E-state index contributed by atoms with van der Waals surface area (Å²) in [6.07, 6.45) is 1.87. The van der Waals surface area contributed by atoms with Crippen LogP contribution in [0, 0.1) is 0 Å². The second-order valence-corrected chi connectivity index (χ2v) is 5.30. The average molecular weight is 312 g/mol. The van der Waals surface area contributed by atoms with Crippen LogP contribution in [0.2, 0.25) is 0 Å². The molecule has 1 fully saturated rings. The van der Waals surface area contributed by atoms with Gasteiger partial charge in [-0.25, -0.2) is 0 Å². The summed E-state index contributed by atoms with van der Waals surface area (Å²) in [4.78, 5) is 2.31. The summed E-state index contributed by atoms with van der Waals surface area (Å²) in [7, 11) is 3.81.